The monoisotopic (exact) mass is 405 g/mol. The Morgan fingerprint density at radius 3 is 2.43 bits per heavy atom. The fourth-order valence-electron chi connectivity index (χ4n) is 3.63. The molecule has 0 bridgehead atoms. The highest BCUT2D eigenvalue weighted by Gasteiger charge is 2.42. The molecule has 1 N–H and O–H groups in total. The van der Waals surface area contributed by atoms with Gasteiger partial charge in [-0.3, -0.25) is 14.4 Å². The number of ketones is 1. The van der Waals surface area contributed by atoms with E-state index in [0.29, 0.717) is 17.1 Å². The van der Waals surface area contributed by atoms with Crippen LogP contribution in [0.4, 0.5) is 11.4 Å². The minimum atomic E-state index is -1.20. The van der Waals surface area contributed by atoms with Gasteiger partial charge in [-0.1, -0.05) is 57.2 Å². The molecule has 156 valence electrons. The van der Waals surface area contributed by atoms with Crippen molar-refractivity contribution in [3.63, 3.8) is 0 Å². The highest BCUT2D eigenvalue weighted by molar-refractivity contribution is 6.50. The fraction of sp³-hybridized carbons (Fsp3) is 0.333. The minimum absolute atomic E-state index is 0.229. The van der Waals surface area contributed by atoms with Crippen molar-refractivity contribution in [2.45, 2.75) is 46.5 Å². The van der Waals surface area contributed by atoms with E-state index in [2.05, 4.69) is 24.3 Å². The van der Waals surface area contributed by atoms with Gasteiger partial charge in [0.2, 0.25) is 5.78 Å². The summed E-state index contributed by atoms with van der Waals surface area (Å²) in [6.45, 7) is 7.76. The molecule has 0 aliphatic carbocycles. The second-order valence-corrected chi connectivity index (χ2v) is 7.52. The Morgan fingerprint density at radius 1 is 1.10 bits per heavy atom. The van der Waals surface area contributed by atoms with E-state index >= 15 is 0 Å². The predicted molar refractivity (Wildman–Crippen MR) is 119 cm³/mol. The second-order valence-electron chi connectivity index (χ2n) is 7.52. The van der Waals surface area contributed by atoms with Crippen LogP contribution in [0, 0.1) is 5.92 Å². The number of amides is 2. The third-order valence-electron chi connectivity index (χ3n) is 5.56. The first kappa shape index (κ1) is 21.4. The second kappa shape index (κ2) is 9.03. The van der Waals surface area contributed by atoms with Gasteiger partial charge in [-0.25, -0.2) is 0 Å². The van der Waals surface area contributed by atoms with Gasteiger partial charge in [-0.15, -0.1) is 0 Å². The Bertz CT molecular complexity index is 998. The molecule has 1 aliphatic rings. The molecule has 30 heavy (non-hydrogen) atoms. The molecule has 1 aliphatic heterocycles. The number of carbonyl (C=O) groups excluding carboxylic acids is 3. The Labute approximate surface area is 177 Å². The number of benzene rings is 2. The lowest BCUT2D eigenvalue weighted by Crippen LogP contribution is -2.39. The molecular formula is C24H27N3O3. The van der Waals surface area contributed by atoms with Crippen molar-refractivity contribution < 1.29 is 14.4 Å². The van der Waals surface area contributed by atoms with E-state index in [4.69, 9.17) is 0 Å². The smallest absolute Gasteiger partial charge is 0.293 e. The van der Waals surface area contributed by atoms with Crippen molar-refractivity contribution in [2.24, 2.45) is 11.0 Å². The van der Waals surface area contributed by atoms with Crippen molar-refractivity contribution in [3.05, 3.63) is 59.7 Å². The van der Waals surface area contributed by atoms with E-state index in [1.807, 2.05) is 31.2 Å². The van der Waals surface area contributed by atoms with Crippen LogP contribution in [0.1, 0.15) is 51.2 Å². The molecule has 6 nitrogen and oxygen atoms in total. The molecule has 1 heterocycles. The largest absolute Gasteiger partial charge is 0.319 e. The van der Waals surface area contributed by atoms with Crippen LogP contribution >= 0.6 is 0 Å². The van der Waals surface area contributed by atoms with Gasteiger partial charge in [0.15, 0.2) is 0 Å². The van der Waals surface area contributed by atoms with Gasteiger partial charge in [0.05, 0.1) is 11.4 Å². The van der Waals surface area contributed by atoms with Crippen molar-refractivity contribution in [1.82, 2.24) is 0 Å². The number of rotatable bonds is 7. The molecule has 6 heteroatoms. The quantitative estimate of drug-likeness (QED) is 0.551. The first-order valence-electron chi connectivity index (χ1n) is 10.3. The summed E-state index contributed by atoms with van der Waals surface area (Å²) in [5.74, 6) is -3.06. The fourth-order valence-corrected chi connectivity index (χ4v) is 3.63. The Kier molecular flexibility index (Phi) is 6.45. The van der Waals surface area contributed by atoms with Crippen LogP contribution in [0.2, 0.25) is 0 Å². The molecule has 0 aromatic heterocycles. The zero-order chi connectivity index (χ0) is 21.8. The lowest BCUT2D eigenvalue weighted by Gasteiger charge is -2.19. The summed E-state index contributed by atoms with van der Waals surface area (Å²) in [5.41, 5.74) is 3.51. The average molecular weight is 405 g/mol. The standard InChI is InChI=1S/C24H27N3O3/c1-5-15(3)19-14-10-11-17(6-2)21(19)25-23(29)22(28)20-16(4)26-27(24(20)30)18-12-8-7-9-13-18/h7-15,20H,5-6H2,1-4H3,(H,25,29)/t15-,20-/m1/s1. The number of nitrogens with zero attached hydrogens (tertiary/aromatic N) is 2. The topological polar surface area (TPSA) is 78.8 Å². The summed E-state index contributed by atoms with van der Waals surface area (Å²) in [6, 6.07) is 14.7. The number of hydrazone groups is 1. The number of Topliss-reactive ketones (excluding diaryl/α,β-unsaturated/α-hetero) is 1. The number of hydrogen-bond donors (Lipinski definition) is 1. The number of anilines is 2. The van der Waals surface area contributed by atoms with Gasteiger partial charge in [-0.2, -0.15) is 10.1 Å². The maximum atomic E-state index is 13.0. The summed E-state index contributed by atoms with van der Waals surface area (Å²) in [7, 11) is 0. The van der Waals surface area contributed by atoms with Crippen LogP contribution in [-0.2, 0) is 20.8 Å². The highest BCUT2D eigenvalue weighted by Crippen LogP contribution is 2.31. The molecule has 2 amide bonds. The first-order chi connectivity index (χ1) is 14.4. The molecule has 0 fully saturated rings. The summed E-state index contributed by atoms with van der Waals surface area (Å²) < 4.78 is 0. The minimum Gasteiger partial charge on any atom is -0.319 e. The van der Waals surface area contributed by atoms with Gasteiger partial charge in [0.1, 0.15) is 5.92 Å². The lowest BCUT2D eigenvalue weighted by molar-refractivity contribution is -0.138. The van der Waals surface area contributed by atoms with Crippen LogP contribution in [-0.4, -0.2) is 23.3 Å². The molecule has 2 atom stereocenters. The van der Waals surface area contributed by atoms with Crippen molar-refractivity contribution in [3.8, 4) is 0 Å². The van der Waals surface area contributed by atoms with Gasteiger partial charge in [-0.05, 0) is 48.9 Å². The van der Waals surface area contributed by atoms with E-state index in [1.54, 1.807) is 31.2 Å². The van der Waals surface area contributed by atoms with Crippen LogP contribution in [0.5, 0.6) is 0 Å². The number of aryl methyl sites for hydroxylation is 1. The zero-order valence-electron chi connectivity index (χ0n) is 17.8. The number of carbonyl (C=O) groups is 3. The SMILES string of the molecule is CCc1cccc([C@H](C)CC)c1NC(=O)C(=O)[C@@H]1C(=O)N(c2ccccc2)N=C1C. The number of para-hydroxylation sites is 2. The van der Waals surface area contributed by atoms with E-state index in [0.717, 1.165) is 24.0 Å². The molecular weight excluding hydrogens is 378 g/mol. The molecule has 0 radical (unpaired) electrons. The van der Waals surface area contributed by atoms with Gasteiger partial charge in [0, 0.05) is 5.69 Å². The van der Waals surface area contributed by atoms with E-state index < -0.39 is 23.5 Å². The van der Waals surface area contributed by atoms with E-state index in [9.17, 15) is 14.4 Å². The van der Waals surface area contributed by atoms with Crippen molar-refractivity contribution >= 4 is 34.7 Å². The maximum Gasteiger partial charge on any atom is 0.293 e. The Balaban J connectivity index is 1.85. The zero-order valence-corrected chi connectivity index (χ0v) is 17.8. The summed E-state index contributed by atoms with van der Waals surface area (Å²) >= 11 is 0. The van der Waals surface area contributed by atoms with Crippen LogP contribution in [0.25, 0.3) is 0 Å². The van der Waals surface area contributed by atoms with Crippen LogP contribution in [0.3, 0.4) is 0 Å². The summed E-state index contributed by atoms with van der Waals surface area (Å²) in [6.07, 6.45) is 1.63. The molecule has 0 spiro atoms. The summed E-state index contributed by atoms with van der Waals surface area (Å²) in [4.78, 5) is 38.7. The van der Waals surface area contributed by atoms with E-state index in [1.165, 1.54) is 5.01 Å². The summed E-state index contributed by atoms with van der Waals surface area (Å²) in [5, 5.41) is 8.22. The third-order valence-corrected chi connectivity index (χ3v) is 5.56. The molecule has 3 rings (SSSR count). The van der Waals surface area contributed by atoms with Gasteiger partial charge in [0.25, 0.3) is 11.8 Å². The number of hydrogen-bond acceptors (Lipinski definition) is 4. The van der Waals surface area contributed by atoms with Crippen LogP contribution in [0.15, 0.2) is 53.6 Å². The maximum absolute atomic E-state index is 13.0. The van der Waals surface area contributed by atoms with Gasteiger partial charge < -0.3 is 5.32 Å². The highest BCUT2D eigenvalue weighted by atomic mass is 16.2. The molecule has 0 saturated carbocycles. The Morgan fingerprint density at radius 2 is 1.80 bits per heavy atom. The number of nitrogens with one attached hydrogen (secondary N) is 1. The first-order valence-corrected chi connectivity index (χ1v) is 10.3. The molecule has 2 aromatic carbocycles. The van der Waals surface area contributed by atoms with E-state index in [-0.39, 0.29) is 5.92 Å². The molecule has 0 unspecified atom stereocenters. The predicted octanol–water partition coefficient (Wildman–Crippen LogP) is 4.31. The Hall–Kier alpha value is -3.28. The third kappa shape index (κ3) is 4.03. The van der Waals surface area contributed by atoms with Crippen LogP contribution < -0.4 is 10.3 Å². The molecule has 0 saturated heterocycles. The van der Waals surface area contributed by atoms with Crippen molar-refractivity contribution in [2.75, 3.05) is 10.3 Å². The molecule has 2 aromatic rings. The van der Waals surface area contributed by atoms with Crippen molar-refractivity contribution in [1.29, 1.82) is 0 Å². The lowest BCUT2D eigenvalue weighted by atomic mass is 9.93. The normalized spacial score (nSPS) is 16.9. The van der Waals surface area contributed by atoms with Gasteiger partial charge >= 0.3 is 0 Å². The average Bonchev–Trinajstić information content (AvgIpc) is 3.07.